The van der Waals surface area contributed by atoms with E-state index >= 15 is 0 Å². The van der Waals surface area contributed by atoms with Crippen LogP contribution >= 0.6 is 0 Å². The van der Waals surface area contributed by atoms with Crippen LogP contribution in [0.3, 0.4) is 0 Å². The second-order valence-electron chi connectivity index (χ2n) is 5.85. The zero-order chi connectivity index (χ0) is 16.5. The minimum absolute atomic E-state index is 0.638. The Morgan fingerprint density at radius 2 is 0.750 bits per heavy atom. The van der Waals surface area contributed by atoms with Gasteiger partial charge in [0.2, 0.25) is 0 Å². The molecule has 4 N–H and O–H groups in total. The number of benzene rings is 4. The first-order chi connectivity index (χ1) is 11.8. The lowest BCUT2D eigenvalue weighted by molar-refractivity contribution is 1.61. The molecule has 4 aromatic rings. The van der Waals surface area contributed by atoms with Crippen molar-refractivity contribution in [1.82, 2.24) is 0 Å². The van der Waals surface area contributed by atoms with E-state index in [0.29, 0.717) is 11.4 Å². The van der Waals surface area contributed by atoms with E-state index in [9.17, 15) is 0 Å². The van der Waals surface area contributed by atoms with E-state index in [2.05, 4.69) is 36.4 Å². The molecule has 0 amide bonds. The average Bonchev–Trinajstić information content (AvgIpc) is 2.64. The Kier molecular flexibility index (Phi) is 3.43. The minimum Gasteiger partial charge on any atom is -0.397 e. The second-order valence-corrected chi connectivity index (χ2v) is 5.85. The van der Waals surface area contributed by atoms with E-state index in [1.807, 2.05) is 48.5 Å². The molecule has 0 unspecified atom stereocenters. The predicted molar refractivity (Wildman–Crippen MR) is 104 cm³/mol. The maximum atomic E-state index is 6.49. The van der Waals surface area contributed by atoms with Crippen molar-refractivity contribution in [2.45, 2.75) is 0 Å². The van der Waals surface area contributed by atoms with Gasteiger partial charge in [0, 0.05) is 11.1 Å². The first-order valence-corrected chi connectivity index (χ1v) is 7.98. The Bertz CT molecular complexity index is 922. The molecule has 0 fully saturated rings. The number of hydrogen-bond donors (Lipinski definition) is 2. The molecule has 0 aliphatic heterocycles. The molecule has 2 heteroatoms. The monoisotopic (exact) mass is 310 g/mol. The fraction of sp³-hybridized carbons (Fsp3) is 0. The summed E-state index contributed by atoms with van der Waals surface area (Å²) in [6.07, 6.45) is 0. The molecule has 0 saturated heterocycles. The van der Waals surface area contributed by atoms with Crippen molar-refractivity contribution in [3.05, 3.63) is 84.9 Å². The van der Waals surface area contributed by atoms with Gasteiger partial charge in [-0.05, 0) is 21.9 Å². The van der Waals surface area contributed by atoms with Gasteiger partial charge < -0.3 is 11.5 Å². The Labute approximate surface area is 141 Å². The summed E-state index contributed by atoms with van der Waals surface area (Å²) in [7, 11) is 0. The van der Waals surface area contributed by atoms with E-state index in [0.717, 1.165) is 33.0 Å². The van der Waals surface area contributed by atoms with Crippen LogP contribution < -0.4 is 11.5 Å². The fourth-order valence-corrected chi connectivity index (χ4v) is 3.31. The summed E-state index contributed by atoms with van der Waals surface area (Å²) in [5.74, 6) is 0. The van der Waals surface area contributed by atoms with Crippen molar-refractivity contribution in [2.24, 2.45) is 0 Å². The standard InChI is InChI=1S/C22H18N2/c23-21-19(15-9-3-1-4-10-15)17-13-7-8-14-18(17)20(22(21)24)16-11-5-2-6-12-16/h1-14H,23-24H2. The second kappa shape index (κ2) is 5.74. The summed E-state index contributed by atoms with van der Waals surface area (Å²) in [4.78, 5) is 0. The number of nitrogens with two attached hydrogens (primary N) is 2. The lowest BCUT2D eigenvalue weighted by Crippen LogP contribution is -2.01. The first-order valence-electron chi connectivity index (χ1n) is 7.98. The largest absolute Gasteiger partial charge is 0.397 e. The minimum atomic E-state index is 0.638. The van der Waals surface area contributed by atoms with Crippen molar-refractivity contribution < 1.29 is 0 Å². The quantitative estimate of drug-likeness (QED) is 0.491. The third-order valence-corrected chi connectivity index (χ3v) is 4.42. The van der Waals surface area contributed by atoms with Gasteiger partial charge in [0.1, 0.15) is 0 Å². The Hall–Kier alpha value is -3.26. The molecule has 0 atom stereocenters. The Morgan fingerprint density at radius 1 is 0.417 bits per heavy atom. The van der Waals surface area contributed by atoms with E-state index in [-0.39, 0.29) is 0 Å². The molecular formula is C22H18N2. The molecule has 0 radical (unpaired) electrons. The van der Waals surface area contributed by atoms with E-state index in [4.69, 9.17) is 11.5 Å². The molecule has 4 aromatic carbocycles. The third kappa shape index (κ3) is 2.20. The van der Waals surface area contributed by atoms with Gasteiger partial charge in [-0.25, -0.2) is 0 Å². The molecule has 0 aromatic heterocycles. The van der Waals surface area contributed by atoms with Gasteiger partial charge in [-0.2, -0.15) is 0 Å². The van der Waals surface area contributed by atoms with Gasteiger partial charge in [0.25, 0.3) is 0 Å². The van der Waals surface area contributed by atoms with Crippen molar-refractivity contribution in [3.63, 3.8) is 0 Å². The van der Waals surface area contributed by atoms with Crippen molar-refractivity contribution in [3.8, 4) is 22.3 Å². The molecule has 0 aliphatic carbocycles. The van der Waals surface area contributed by atoms with Crippen molar-refractivity contribution >= 4 is 22.1 Å². The smallest absolute Gasteiger partial charge is 0.0640 e. The summed E-state index contributed by atoms with van der Waals surface area (Å²) >= 11 is 0. The SMILES string of the molecule is Nc1c(N)c(-c2ccccc2)c2ccccc2c1-c1ccccc1. The van der Waals surface area contributed by atoms with Gasteiger partial charge >= 0.3 is 0 Å². The molecule has 0 heterocycles. The molecule has 2 nitrogen and oxygen atoms in total. The third-order valence-electron chi connectivity index (χ3n) is 4.42. The molecule has 24 heavy (non-hydrogen) atoms. The predicted octanol–water partition coefficient (Wildman–Crippen LogP) is 5.34. The highest BCUT2D eigenvalue weighted by atomic mass is 14.7. The van der Waals surface area contributed by atoms with Crippen LogP contribution in [0, 0.1) is 0 Å². The Morgan fingerprint density at radius 3 is 1.12 bits per heavy atom. The number of anilines is 2. The zero-order valence-corrected chi connectivity index (χ0v) is 13.2. The Balaban J connectivity index is 2.14. The van der Waals surface area contributed by atoms with Crippen molar-refractivity contribution in [1.29, 1.82) is 0 Å². The lowest BCUT2D eigenvalue weighted by atomic mass is 9.89. The number of hydrogen-bond acceptors (Lipinski definition) is 2. The van der Waals surface area contributed by atoms with Crippen LogP contribution in [0.25, 0.3) is 33.0 Å². The maximum Gasteiger partial charge on any atom is 0.0640 e. The molecule has 4 rings (SSSR count). The first kappa shape index (κ1) is 14.3. The van der Waals surface area contributed by atoms with Gasteiger partial charge in [-0.15, -0.1) is 0 Å². The summed E-state index contributed by atoms with van der Waals surface area (Å²) in [5, 5.41) is 2.24. The zero-order valence-electron chi connectivity index (χ0n) is 13.2. The summed E-state index contributed by atoms with van der Waals surface area (Å²) in [5.41, 5.74) is 18.4. The summed E-state index contributed by atoms with van der Waals surface area (Å²) in [6.45, 7) is 0. The van der Waals surface area contributed by atoms with E-state index in [1.165, 1.54) is 0 Å². The van der Waals surface area contributed by atoms with Crippen LogP contribution in [0.5, 0.6) is 0 Å². The molecule has 116 valence electrons. The number of fused-ring (bicyclic) bond motifs is 1. The number of rotatable bonds is 2. The normalized spacial score (nSPS) is 10.8. The van der Waals surface area contributed by atoms with Gasteiger partial charge in [0.05, 0.1) is 11.4 Å². The number of nitrogen functional groups attached to an aromatic ring is 2. The topological polar surface area (TPSA) is 52.0 Å². The fourth-order valence-electron chi connectivity index (χ4n) is 3.31. The highest BCUT2D eigenvalue weighted by Crippen LogP contribution is 2.44. The van der Waals surface area contributed by atoms with Crippen LogP contribution in [-0.4, -0.2) is 0 Å². The highest BCUT2D eigenvalue weighted by Gasteiger charge is 2.17. The van der Waals surface area contributed by atoms with Gasteiger partial charge in [-0.1, -0.05) is 84.9 Å². The van der Waals surface area contributed by atoms with Crippen LogP contribution in [-0.2, 0) is 0 Å². The van der Waals surface area contributed by atoms with Gasteiger partial charge in [-0.3, -0.25) is 0 Å². The van der Waals surface area contributed by atoms with Crippen LogP contribution in [0.15, 0.2) is 84.9 Å². The highest BCUT2D eigenvalue weighted by molar-refractivity contribution is 6.15. The summed E-state index contributed by atoms with van der Waals surface area (Å²) in [6, 6.07) is 28.7. The van der Waals surface area contributed by atoms with Crippen LogP contribution in [0.2, 0.25) is 0 Å². The van der Waals surface area contributed by atoms with E-state index < -0.39 is 0 Å². The summed E-state index contributed by atoms with van der Waals surface area (Å²) < 4.78 is 0. The molecule has 0 saturated carbocycles. The maximum absolute atomic E-state index is 6.49. The molecule has 0 bridgehead atoms. The van der Waals surface area contributed by atoms with Crippen LogP contribution in [0.4, 0.5) is 11.4 Å². The lowest BCUT2D eigenvalue weighted by Gasteiger charge is -2.18. The van der Waals surface area contributed by atoms with Crippen LogP contribution in [0.1, 0.15) is 0 Å². The molecule has 0 aliphatic rings. The van der Waals surface area contributed by atoms with Gasteiger partial charge in [0.15, 0.2) is 0 Å². The molecular weight excluding hydrogens is 292 g/mol. The average molecular weight is 310 g/mol. The molecule has 0 spiro atoms. The van der Waals surface area contributed by atoms with Crippen molar-refractivity contribution in [2.75, 3.05) is 11.5 Å². The van der Waals surface area contributed by atoms with E-state index in [1.54, 1.807) is 0 Å².